The number of ether oxygens (including phenoxy) is 2. The molecule has 0 saturated carbocycles. The lowest BCUT2D eigenvalue weighted by Crippen LogP contribution is -2.30. The van der Waals surface area contributed by atoms with Crippen molar-refractivity contribution in [2.45, 2.75) is 46.5 Å². The van der Waals surface area contributed by atoms with Crippen LogP contribution in [-0.4, -0.2) is 13.1 Å². The Bertz CT molecular complexity index is 682. The molecule has 0 aliphatic carbocycles. The van der Waals surface area contributed by atoms with Gasteiger partial charge in [-0.2, -0.15) is 0 Å². The topological polar surface area (TPSA) is 35.5 Å². The molecule has 0 heterocycles. The largest absolute Gasteiger partial charge is 0.497 e. The van der Waals surface area contributed by atoms with Gasteiger partial charge >= 0.3 is 5.97 Å². The fourth-order valence-electron chi connectivity index (χ4n) is 2.68. The molecule has 0 fully saturated rings. The van der Waals surface area contributed by atoms with E-state index in [4.69, 9.17) is 9.47 Å². The van der Waals surface area contributed by atoms with Crippen molar-refractivity contribution in [2.75, 3.05) is 7.11 Å². The van der Waals surface area contributed by atoms with E-state index >= 15 is 0 Å². The fraction of sp³-hybridized carbons (Fsp3) is 0.409. The van der Waals surface area contributed by atoms with Crippen LogP contribution >= 0.6 is 0 Å². The molecule has 1 unspecified atom stereocenters. The molecule has 3 nitrogen and oxygen atoms in total. The quantitative estimate of drug-likeness (QED) is 0.487. The van der Waals surface area contributed by atoms with Gasteiger partial charge in [-0.1, -0.05) is 45.0 Å². The highest BCUT2D eigenvalue weighted by molar-refractivity contribution is 5.78. The van der Waals surface area contributed by atoms with Gasteiger partial charge in [-0.05, 0) is 55.2 Å². The summed E-state index contributed by atoms with van der Waals surface area (Å²) >= 11 is 0. The molecule has 1 atom stereocenters. The first-order valence-electron chi connectivity index (χ1n) is 8.89. The number of carbonyl (C=O) groups is 1. The predicted octanol–water partition coefficient (Wildman–Crippen LogP) is 5.58. The molecular weight excluding hydrogens is 312 g/mol. The zero-order chi connectivity index (χ0) is 18.4. The second-order valence-corrected chi connectivity index (χ2v) is 6.72. The smallest absolute Gasteiger partial charge is 0.317 e. The summed E-state index contributed by atoms with van der Waals surface area (Å²) in [6.07, 6.45) is 1.55. The minimum absolute atomic E-state index is 0.159. The maximum absolute atomic E-state index is 12.4. The third-order valence-corrected chi connectivity index (χ3v) is 5.26. The number of esters is 1. The second-order valence-electron chi connectivity index (χ2n) is 6.72. The lowest BCUT2D eigenvalue weighted by Gasteiger charge is -2.24. The average Bonchev–Trinajstić information content (AvgIpc) is 2.67. The lowest BCUT2D eigenvalue weighted by atomic mass is 9.85. The van der Waals surface area contributed by atoms with Crippen molar-refractivity contribution in [1.29, 1.82) is 0 Å². The van der Waals surface area contributed by atoms with Crippen molar-refractivity contribution in [2.24, 2.45) is 5.41 Å². The highest BCUT2D eigenvalue weighted by Gasteiger charge is 2.31. The van der Waals surface area contributed by atoms with Gasteiger partial charge in [-0.25, -0.2) is 0 Å². The molecule has 2 aromatic carbocycles. The Kier molecular flexibility index (Phi) is 6.24. The van der Waals surface area contributed by atoms with Crippen molar-refractivity contribution < 1.29 is 14.3 Å². The summed E-state index contributed by atoms with van der Waals surface area (Å²) in [5, 5.41) is 0. The van der Waals surface area contributed by atoms with Crippen molar-refractivity contribution in [3.8, 4) is 11.5 Å². The Morgan fingerprint density at radius 1 is 0.920 bits per heavy atom. The maximum Gasteiger partial charge on any atom is 0.317 e. The zero-order valence-electron chi connectivity index (χ0n) is 15.8. The maximum atomic E-state index is 12.4. The average molecular weight is 340 g/mol. The lowest BCUT2D eigenvalue weighted by molar-refractivity contribution is -0.145. The summed E-state index contributed by atoms with van der Waals surface area (Å²) in [4.78, 5) is 12.4. The Morgan fingerprint density at radius 3 is 1.76 bits per heavy atom. The van der Waals surface area contributed by atoms with Gasteiger partial charge in [0.2, 0.25) is 0 Å². The van der Waals surface area contributed by atoms with E-state index in [-0.39, 0.29) is 11.9 Å². The van der Waals surface area contributed by atoms with Gasteiger partial charge in [0, 0.05) is 5.92 Å². The highest BCUT2D eigenvalue weighted by atomic mass is 16.5. The minimum Gasteiger partial charge on any atom is -0.497 e. The second kappa shape index (κ2) is 8.19. The minimum atomic E-state index is -0.422. The van der Waals surface area contributed by atoms with Crippen LogP contribution in [0.3, 0.4) is 0 Å². The van der Waals surface area contributed by atoms with E-state index in [1.807, 2.05) is 57.2 Å². The van der Waals surface area contributed by atoms with Crippen molar-refractivity contribution in [3.63, 3.8) is 0 Å². The molecule has 0 N–H and O–H groups in total. The van der Waals surface area contributed by atoms with Crippen LogP contribution in [0.1, 0.15) is 57.6 Å². The number of hydrogen-bond acceptors (Lipinski definition) is 3. The van der Waals surface area contributed by atoms with E-state index in [9.17, 15) is 4.79 Å². The zero-order valence-corrected chi connectivity index (χ0v) is 15.8. The molecule has 25 heavy (non-hydrogen) atoms. The van der Waals surface area contributed by atoms with Gasteiger partial charge in [-0.3, -0.25) is 4.79 Å². The molecule has 0 saturated heterocycles. The SMILES string of the molecule is CCC(C)(CC)C(=O)Oc1ccc(C(C)c2ccc(OC)cc2)cc1. The van der Waals surface area contributed by atoms with E-state index in [1.165, 1.54) is 11.1 Å². The van der Waals surface area contributed by atoms with Crippen LogP contribution in [0.2, 0.25) is 0 Å². The Labute approximate surface area is 151 Å². The molecule has 0 amide bonds. The summed E-state index contributed by atoms with van der Waals surface area (Å²) in [5.41, 5.74) is 1.98. The van der Waals surface area contributed by atoms with E-state index in [0.717, 1.165) is 18.6 Å². The van der Waals surface area contributed by atoms with Crippen molar-refractivity contribution >= 4 is 5.97 Å². The van der Waals surface area contributed by atoms with Crippen LogP contribution in [-0.2, 0) is 4.79 Å². The molecule has 0 aliphatic heterocycles. The number of rotatable bonds is 7. The Hall–Kier alpha value is -2.29. The third kappa shape index (κ3) is 4.41. The van der Waals surface area contributed by atoms with Gasteiger partial charge < -0.3 is 9.47 Å². The first-order chi connectivity index (χ1) is 11.9. The van der Waals surface area contributed by atoms with Gasteiger partial charge in [0.25, 0.3) is 0 Å². The van der Waals surface area contributed by atoms with Crippen molar-refractivity contribution in [3.05, 3.63) is 59.7 Å². The Balaban J connectivity index is 2.09. The van der Waals surface area contributed by atoms with E-state index in [1.54, 1.807) is 7.11 Å². The summed E-state index contributed by atoms with van der Waals surface area (Å²) in [6.45, 7) is 8.15. The van der Waals surface area contributed by atoms with Gasteiger partial charge in [-0.15, -0.1) is 0 Å². The van der Waals surface area contributed by atoms with Crippen LogP contribution in [0.4, 0.5) is 0 Å². The summed E-state index contributed by atoms with van der Waals surface area (Å²) in [6, 6.07) is 15.9. The van der Waals surface area contributed by atoms with Crippen molar-refractivity contribution in [1.82, 2.24) is 0 Å². The normalized spacial score (nSPS) is 12.5. The molecule has 0 radical (unpaired) electrons. The first-order valence-corrected chi connectivity index (χ1v) is 8.89. The fourth-order valence-corrected chi connectivity index (χ4v) is 2.68. The molecule has 0 aliphatic rings. The summed E-state index contributed by atoms with van der Waals surface area (Å²) < 4.78 is 10.8. The monoisotopic (exact) mass is 340 g/mol. The molecule has 134 valence electrons. The molecule has 3 heteroatoms. The number of methoxy groups -OCH3 is 1. The van der Waals surface area contributed by atoms with Gasteiger partial charge in [0.15, 0.2) is 0 Å². The van der Waals surface area contributed by atoms with Gasteiger partial charge in [0.05, 0.1) is 12.5 Å². The number of carbonyl (C=O) groups excluding carboxylic acids is 1. The summed E-state index contributed by atoms with van der Waals surface area (Å²) in [7, 11) is 1.67. The van der Waals surface area contributed by atoms with Crippen LogP contribution < -0.4 is 9.47 Å². The van der Waals surface area contributed by atoms with E-state index in [2.05, 4.69) is 19.1 Å². The first kappa shape index (κ1) is 19.0. The third-order valence-electron chi connectivity index (χ3n) is 5.26. The summed E-state index contributed by atoms with van der Waals surface area (Å²) in [5.74, 6) is 1.55. The van der Waals surface area contributed by atoms with Crippen LogP contribution in [0, 0.1) is 5.41 Å². The molecule has 2 aromatic rings. The molecule has 0 aromatic heterocycles. The number of hydrogen-bond donors (Lipinski definition) is 0. The van der Waals surface area contributed by atoms with Crippen LogP contribution in [0.15, 0.2) is 48.5 Å². The molecule has 0 bridgehead atoms. The molecule has 0 spiro atoms. The molecular formula is C22H28O3. The van der Waals surface area contributed by atoms with Crippen LogP contribution in [0.5, 0.6) is 11.5 Å². The Morgan fingerprint density at radius 2 is 1.36 bits per heavy atom. The van der Waals surface area contributed by atoms with Gasteiger partial charge in [0.1, 0.15) is 11.5 Å². The molecule has 2 rings (SSSR count). The van der Waals surface area contributed by atoms with Crippen LogP contribution in [0.25, 0.3) is 0 Å². The van der Waals surface area contributed by atoms with E-state index in [0.29, 0.717) is 5.75 Å². The highest BCUT2D eigenvalue weighted by Crippen LogP contribution is 2.30. The van der Waals surface area contributed by atoms with E-state index < -0.39 is 5.41 Å². The standard InChI is InChI=1S/C22H28O3/c1-6-22(4,7-2)21(23)25-20-14-10-18(11-15-20)16(3)17-8-12-19(24-5)13-9-17/h8-16H,6-7H2,1-5H3. The number of benzene rings is 2. The predicted molar refractivity (Wildman–Crippen MR) is 101 cm³/mol.